The number of rotatable bonds is 3. The van der Waals surface area contributed by atoms with Gasteiger partial charge in [0.2, 0.25) is 0 Å². The summed E-state index contributed by atoms with van der Waals surface area (Å²) in [5.74, 6) is 0.755. The van der Waals surface area contributed by atoms with E-state index in [0.29, 0.717) is 12.0 Å². The maximum atomic E-state index is 10.7. The van der Waals surface area contributed by atoms with Crippen molar-refractivity contribution in [2.24, 2.45) is 28.4 Å². The van der Waals surface area contributed by atoms with Crippen LogP contribution >= 0.6 is 0 Å². The van der Waals surface area contributed by atoms with Gasteiger partial charge in [0.05, 0.1) is 6.42 Å². The van der Waals surface area contributed by atoms with E-state index in [1.807, 2.05) is 0 Å². The summed E-state index contributed by atoms with van der Waals surface area (Å²) in [5, 5.41) is 8.85. The Morgan fingerprint density at radius 1 is 1.43 bits per heavy atom. The predicted molar refractivity (Wildman–Crippen MR) is 53.7 cm³/mol. The van der Waals surface area contributed by atoms with Crippen molar-refractivity contribution >= 4 is 5.97 Å². The largest absolute Gasteiger partial charge is 0.481 e. The Labute approximate surface area is 84.7 Å². The zero-order chi connectivity index (χ0) is 10.6. The number of hydrogen-bond acceptors (Lipinski definition) is 2. The zero-order valence-corrected chi connectivity index (χ0v) is 8.92. The van der Waals surface area contributed by atoms with E-state index in [4.69, 9.17) is 10.8 Å². The smallest absolute Gasteiger partial charge is 0.303 e. The molecule has 0 amide bonds. The molecule has 0 aromatic rings. The Bertz CT molecular complexity index is 258. The summed E-state index contributed by atoms with van der Waals surface area (Å²) in [6.07, 6.45) is 2.30. The second-order valence-electron chi connectivity index (χ2n) is 5.72. The Hall–Kier alpha value is -0.570. The molecule has 0 spiro atoms. The standard InChI is InChI=1S/C11H19NO2/c1-10(2)7-3-11(6-12,4-8(7)10)5-9(13)14/h7-8H,3-6,12H2,1-2H3,(H,13,14)/t7-,8+,11?. The SMILES string of the molecule is CC1(C)[C@@H]2CC(CN)(CC(=O)O)C[C@@H]21. The molecule has 0 aromatic heterocycles. The third-order valence-electron chi connectivity index (χ3n) is 4.55. The second-order valence-corrected chi connectivity index (χ2v) is 5.72. The molecule has 3 N–H and O–H groups in total. The summed E-state index contributed by atoms with van der Waals surface area (Å²) in [7, 11) is 0. The van der Waals surface area contributed by atoms with Crippen molar-refractivity contribution in [1.82, 2.24) is 0 Å². The molecule has 0 aliphatic heterocycles. The monoisotopic (exact) mass is 197 g/mol. The number of nitrogens with two attached hydrogens (primary N) is 1. The van der Waals surface area contributed by atoms with Crippen LogP contribution in [0.5, 0.6) is 0 Å². The molecule has 3 atom stereocenters. The van der Waals surface area contributed by atoms with Crippen molar-refractivity contribution in [2.75, 3.05) is 6.54 Å². The van der Waals surface area contributed by atoms with Gasteiger partial charge in [-0.1, -0.05) is 13.8 Å². The number of fused-ring (bicyclic) bond motifs is 1. The lowest BCUT2D eigenvalue weighted by molar-refractivity contribution is -0.139. The van der Waals surface area contributed by atoms with Crippen LogP contribution in [0.2, 0.25) is 0 Å². The Morgan fingerprint density at radius 3 is 2.29 bits per heavy atom. The lowest BCUT2D eigenvalue weighted by Gasteiger charge is -2.30. The van der Waals surface area contributed by atoms with E-state index < -0.39 is 5.97 Å². The van der Waals surface area contributed by atoms with Gasteiger partial charge in [0.1, 0.15) is 0 Å². The van der Waals surface area contributed by atoms with E-state index in [-0.39, 0.29) is 11.8 Å². The molecule has 0 heterocycles. The molecule has 2 rings (SSSR count). The first-order valence-electron chi connectivity index (χ1n) is 5.33. The summed E-state index contributed by atoms with van der Waals surface area (Å²) in [5.41, 5.74) is 6.09. The van der Waals surface area contributed by atoms with E-state index >= 15 is 0 Å². The van der Waals surface area contributed by atoms with Crippen molar-refractivity contribution < 1.29 is 9.90 Å². The van der Waals surface area contributed by atoms with Gasteiger partial charge in [0.15, 0.2) is 0 Å². The van der Waals surface area contributed by atoms with Gasteiger partial charge in [-0.3, -0.25) is 4.79 Å². The van der Waals surface area contributed by atoms with Gasteiger partial charge >= 0.3 is 5.97 Å². The molecule has 2 fully saturated rings. The number of aliphatic carboxylic acids is 1. The highest BCUT2D eigenvalue weighted by Gasteiger charge is 2.65. The van der Waals surface area contributed by atoms with Crippen LogP contribution in [0.15, 0.2) is 0 Å². The number of carbonyl (C=O) groups is 1. The van der Waals surface area contributed by atoms with Gasteiger partial charge in [-0.2, -0.15) is 0 Å². The number of carboxylic acid groups (broad SMARTS) is 1. The summed E-state index contributed by atoms with van der Waals surface area (Å²) >= 11 is 0. The van der Waals surface area contributed by atoms with Crippen LogP contribution in [0.1, 0.15) is 33.1 Å². The molecule has 3 nitrogen and oxygen atoms in total. The molecule has 80 valence electrons. The average molecular weight is 197 g/mol. The molecule has 3 heteroatoms. The van der Waals surface area contributed by atoms with E-state index in [1.54, 1.807) is 0 Å². The van der Waals surface area contributed by atoms with Crippen LogP contribution in [0.25, 0.3) is 0 Å². The van der Waals surface area contributed by atoms with Gasteiger partial charge < -0.3 is 10.8 Å². The fraction of sp³-hybridized carbons (Fsp3) is 0.909. The van der Waals surface area contributed by atoms with E-state index in [9.17, 15) is 4.79 Å². The van der Waals surface area contributed by atoms with E-state index in [1.165, 1.54) is 0 Å². The average Bonchev–Trinajstić information content (AvgIpc) is 2.50. The van der Waals surface area contributed by atoms with Crippen LogP contribution in [-0.2, 0) is 4.79 Å². The minimum atomic E-state index is -0.699. The summed E-state index contributed by atoms with van der Waals surface area (Å²) < 4.78 is 0. The first kappa shape index (κ1) is 9.97. The number of hydrogen-bond donors (Lipinski definition) is 2. The van der Waals surface area contributed by atoms with Gasteiger partial charge in [0.25, 0.3) is 0 Å². The molecule has 1 unspecified atom stereocenters. The Kier molecular flexibility index (Phi) is 1.94. The van der Waals surface area contributed by atoms with Crippen LogP contribution < -0.4 is 5.73 Å². The van der Waals surface area contributed by atoms with Gasteiger partial charge in [-0.15, -0.1) is 0 Å². The third kappa shape index (κ3) is 1.26. The molecule has 2 aliphatic carbocycles. The molecule has 2 saturated carbocycles. The quantitative estimate of drug-likeness (QED) is 0.720. The predicted octanol–water partition coefficient (Wildman–Crippen LogP) is 1.47. The van der Waals surface area contributed by atoms with Crippen molar-refractivity contribution in [1.29, 1.82) is 0 Å². The molecule has 0 bridgehead atoms. The van der Waals surface area contributed by atoms with Crippen molar-refractivity contribution in [3.05, 3.63) is 0 Å². The van der Waals surface area contributed by atoms with Crippen molar-refractivity contribution in [2.45, 2.75) is 33.1 Å². The highest BCUT2D eigenvalue weighted by Crippen LogP contribution is 2.71. The van der Waals surface area contributed by atoms with Gasteiger partial charge in [-0.05, 0) is 42.1 Å². The Balaban J connectivity index is 2.03. The van der Waals surface area contributed by atoms with Crippen LogP contribution in [0.3, 0.4) is 0 Å². The first-order valence-corrected chi connectivity index (χ1v) is 5.33. The van der Waals surface area contributed by atoms with Crippen molar-refractivity contribution in [3.63, 3.8) is 0 Å². The van der Waals surface area contributed by atoms with E-state index in [2.05, 4.69) is 13.8 Å². The zero-order valence-electron chi connectivity index (χ0n) is 8.92. The fourth-order valence-corrected chi connectivity index (χ4v) is 3.39. The third-order valence-corrected chi connectivity index (χ3v) is 4.55. The van der Waals surface area contributed by atoms with Crippen molar-refractivity contribution in [3.8, 4) is 0 Å². The fourth-order valence-electron chi connectivity index (χ4n) is 3.39. The molecule has 2 aliphatic rings. The lowest BCUT2D eigenvalue weighted by atomic mass is 9.76. The molecular weight excluding hydrogens is 178 g/mol. The Morgan fingerprint density at radius 2 is 1.93 bits per heavy atom. The highest BCUT2D eigenvalue weighted by molar-refractivity contribution is 5.68. The maximum absolute atomic E-state index is 10.7. The topological polar surface area (TPSA) is 63.3 Å². The van der Waals surface area contributed by atoms with Gasteiger partial charge in [0, 0.05) is 0 Å². The molecule has 0 radical (unpaired) electrons. The van der Waals surface area contributed by atoms with Gasteiger partial charge in [-0.25, -0.2) is 0 Å². The summed E-state index contributed by atoms with van der Waals surface area (Å²) in [4.78, 5) is 10.7. The van der Waals surface area contributed by atoms with E-state index in [0.717, 1.165) is 24.7 Å². The molecule has 0 saturated heterocycles. The molecular formula is C11H19NO2. The summed E-state index contributed by atoms with van der Waals surface area (Å²) in [6.45, 7) is 5.09. The molecule has 0 aromatic carbocycles. The maximum Gasteiger partial charge on any atom is 0.303 e. The first-order chi connectivity index (χ1) is 6.41. The molecule has 14 heavy (non-hydrogen) atoms. The lowest BCUT2D eigenvalue weighted by Crippen LogP contribution is -2.33. The minimum Gasteiger partial charge on any atom is -0.481 e. The summed E-state index contributed by atoms with van der Waals surface area (Å²) in [6, 6.07) is 0. The normalized spacial score (nSPS) is 43.4. The minimum absolute atomic E-state index is 0.0866. The number of carboxylic acids is 1. The van der Waals surface area contributed by atoms with Crippen LogP contribution in [0.4, 0.5) is 0 Å². The highest BCUT2D eigenvalue weighted by atomic mass is 16.4. The second kappa shape index (κ2) is 2.72. The van der Waals surface area contributed by atoms with Crippen LogP contribution in [0, 0.1) is 22.7 Å². The van der Waals surface area contributed by atoms with Crippen LogP contribution in [-0.4, -0.2) is 17.6 Å².